The maximum absolute atomic E-state index is 13.9. The fourth-order valence-corrected chi connectivity index (χ4v) is 4.19. The molecule has 0 unspecified atom stereocenters. The summed E-state index contributed by atoms with van der Waals surface area (Å²) in [7, 11) is 0. The van der Waals surface area contributed by atoms with Gasteiger partial charge in [0.15, 0.2) is 11.7 Å². The second-order valence-corrected chi connectivity index (χ2v) is 8.64. The van der Waals surface area contributed by atoms with Crippen LogP contribution in [0.3, 0.4) is 0 Å². The molecule has 3 heterocycles. The Balaban J connectivity index is 1.31. The zero-order valence-electron chi connectivity index (χ0n) is 18.2. The predicted molar refractivity (Wildman–Crippen MR) is 124 cm³/mol. The summed E-state index contributed by atoms with van der Waals surface area (Å²) in [5.41, 5.74) is 2.27. The Morgan fingerprint density at radius 2 is 1.89 bits per heavy atom. The molecule has 11 heteroatoms. The van der Waals surface area contributed by atoms with Crippen molar-refractivity contribution in [1.29, 1.82) is 0 Å². The van der Waals surface area contributed by atoms with E-state index in [1.165, 1.54) is 6.07 Å². The van der Waals surface area contributed by atoms with E-state index in [0.29, 0.717) is 10.6 Å². The minimum atomic E-state index is -4.53. The highest BCUT2D eigenvalue weighted by molar-refractivity contribution is 6.30. The van der Waals surface area contributed by atoms with Crippen LogP contribution in [0.1, 0.15) is 40.1 Å². The third-order valence-corrected chi connectivity index (χ3v) is 6.11. The number of nitrogens with one attached hydrogen (secondary N) is 2. The lowest BCUT2D eigenvalue weighted by Gasteiger charge is -2.33. The van der Waals surface area contributed by atoms with Gasteiger partial charge in [0.05, 0.1) is 11.7 Å². The third-order valence-electron chi connectivity index (χ3n) is 5.85. The average Bonchev–Trinajstić information content (AvgIpc) is 3.52. The molecule has 0 aliphatic carbocycles. The summed E-state index contributed by atoms with van der Waals surface area (Å²) in [5.74, 6) is -0.430. The van der Waals surface area contributed by atoms with E-state index < -0.39 is 24.2 Å². The number of halogens is 4. The summed E-state index contributed by atoms with van der Waals surface area (Å²) in [6, 6.07) is 14.7. The molecule has 0 fully saturated rings. The molecular weight excluding hydrogens is 481 g/mol. The van der Waals surface area contributed by atoms with Gasteiger partial charge in [0.1, 0.15) is 5.82 Å². The molecule has 2 N–H and O–H groups in total. The zero-order valence-corrected chi connectivity index (χ0v) is 19.0. The molecule has 5 rings (SSSR count). The Morgan fingerprint density at radius 3 is 2.54 bits per heavy atom. The number of fused-ring (bicyclic) bond motifs is 1. The summed E-state index contributed by atoms with van der Waals surface area (Å²) < 4.78 is 44.2. The van der Waals surface area contributed by atoms with Crippen molar-refractivity contribution in [2.75, 3.05) is 5.32 Å². The van der Waals surface area contributed by atoms with E-state index in [4.69, 9.17) is 11.6 Å². The normalized spacial score (nSPS) is 17.5. The van der Waals surface area contributed by atoms with Gasteiger partial charge in [-0.2, -0.15) is 23.4 Å². The Labute approximate surface area is 203 Å². The lowest BCUT2D eigenvalue weighted by Crippen LogP contribution is -2.35. The van der Waals surface area contributed by atoms with Gasteiger partial charge in [-0.15, -0.1) is 0 Å². The van der Waals surface area contributed by atoms with Crippen LogP contribution in [-0.4, -0.2) is 31.6 Å². The Morgan fingerprint density at radius 1 is 1.14 bits per heavy atom. The molecule has 1 amide bonds. The molecule has 7 nitrogen and oxygen atoms in total. The van der Waals surface area contributed by atoms with Gasteiger partial charge < -0.3 is 10.6 Å². The third kappa shape index (κ3) is 4.88. The fourth-order valence-electron chi connectivity index (χ4n) is 4.06. The Hall–Kier alpha value is -3.79. The van der Waals surface area contributed by atoms with Gasteiger partial charge in [-0.05, 0) is 41.5 Å². The number of alkyl halides is 3. The minimum absolute atomic E-state index is 0.0910. The molecule has 2 aromatic carbocycles. The van der Waals surface area contributed by atoms with Crippen LogP contribution in [-0.2, 0) is 6.54 Å². The average molecular weight is 501 g/mol. The fraction of sp³-hybridized carbons (Fsp3) is 0.208. The number of rotatable bonds is 5. The molecule has 4 aromatic rings. The molecule has 1 aliphatic rings. The topological polar surface area (TPSA) is 76.8 Å². The van der Waals surface area contributed by atoms with Crippen molar-refractivity contribution in [1.82, 2.24) is 24.9 Å². The molecule has 35 heavy (non-hydrogen) atoms. The van der Waals surface area contributed by atoms with Crippen LogP contribution in [0, 0.1) is 0 Å². The molecule has 0 saturated heterocycles. The lowest BCUT2D eigenvalue weighted by atomic mass is 9.97. The van der Waals surface area contributed by atoms with E-state index in [9.17, 15) is 18.0 Å². The number of nitrogens with zero attached hydrogens (tertiary/aromatic N) is 4. The number of carbonyl (C=O) groups is 1. The van der Waals surface area contributed by atoms with Crippen molar-refractivity contribution >= 4 is 23.3 Å². The molecule has 2 atom stereocenters. The number of benzene rings is 2. The maximum Gasteiger partial charge on any atom is 0.410 e. The van der Waals surface area contributed by atoms with Gasteiger partial charge in [0.2, 0.25) is 0 Å². The van der Waals surface area contributed by atoms with E-state index in [1.54, 1.807) is 35.1 Å². The van der Waals surface area contributed by atoms with Gasteiger partial charge in [-0.3, -0.25) is 4.79 Å². The Bertz CT molecular complexity index is 1320. The van der Waals surface area contributed by atoms with Crippen LogP contribution in [0.25, 0.3) is 5.69 Å². The van der Waals surface area contributed by atoms with Crippen molar-refractivity contribution in [3.8, 4) is 5.69 Å². The SMILES string of the molecule is O=C(NCc1ccc(-n2cccn2)cc1)c1cc2n(n1)[C@H](C(F)(F)F)C[C@@H](c1ccc(Cl)cc1)N2. The van der Waals surface area contributed by atoms with Crippen LogP contribution in [0.15, 0.2) is 73.1 Å². The van der Waals surface area contributed by atoms with Gasteiger partial charge in [0.25, 0.3) is 5.91 Å². The second-order valence-electron chi connectivity index (χ2n) is 8.20. The molecule has 0 saturated carbocycles. The van der Waals surface area contributed by atoms with Crippen molar-refractivity contribution < 1.29 is 18.0 Å². The van der Waals surface area contributed by atoms with Crippen LogP contribution in [0.2, 0.25) is 5.02 Å². The lowest BCUT2D eigenvalue weighted by molar-refractivity contribution is -0.173. The summed E-state index contributed by atoms with van der Waals surface area (Å²) in [6.07, 6.45) is -1.30. The molecule has 0 bridgehead atoms. The van der Waals surface area contributed by atoms with Gasteiger partial charge in [-0.25, -0.2) is 9.36 Å². The number of amides is 1. The van der Waals surface area contributed by atoms with E-state index in [0.717, 1.165) is 15.9 Å². The molecule has 180 valence electrons. The predicted octanol–water partition coefficient (Wildman–Crippen LogP) is 5.31. The van der Waals surface area contributed by atoms with Crippen LogP contribution in [0.4, 0.5) is 19.0 Å². The van der Waals surface area contributed by atoms with Crippen LogP contribution < -0.4 is 10.6 Å². The standard InChI is InChI=1S/C24H20ClF3N6O/c25-17-6-4-16(5-7-17)19-12-21(24(26,27)28)34-22(31-19)13-20(32-34)23(35)29-14-15-2-8-18(9-3-15)33-11-1-10-30-33/h1-11,13,19,21,31H,12,14H2,(H,29,35)/t19-,21-/m0/s1. The van der Waals surface area contributed by atoms with Crippen molar-refractivity contribution in [2.24, 2.45) is 0 Å². The first-order chi connectivity index (χ1) is 16.8. The summed E-state index contributed by atoms with van der Waals surface area (Å²) in [4.78, 5) is 12.7. The van der Waals surface area contributed by atoms with Gasteiger partial charge >= 0.3 is 6.18 Å². The highest BCUT2D eigenvalue weighted by atomic mass is 35.5. The number of anilines is 1. The summed E-state index contributed by atoms with van der Waals surface area (Å²) in [6.45, 7) is 0.198. The molecular formula is C24H20ClF3N6O. The van der Waals surface area contributed by atoms with Crippen molar-refractivity contribution in [3.63, 3.8) is 0 Å². The van der Waals surface area contributed by atoms with Gasteiger partial charge in [0, 0.05) is 36.4 Å². The first-order valence-electron chi connectivity index (χ1n) is 10.8. The van der Waals surface area contributed by atoms with E-state index >= 15 is 0 Å². The number of hydrogen-bond acceptors (Lipinski definition) is 4. The second kappa shape index (κ2) is 9.10. The molecule has 0 spiro atoms. The monoisotopic (exact) mass is 500 g/mol. The molecule has 1 aliphatic heterocycles. The first kappa shape index (κ1) is 23.0. The van der Waals surface area contributed by atoms with E-state index in [2.05, 4.69) is 20.8 Å². The van der Waals surface area contributed by atoms with Crippen molar-refractivity contribution in [2.45, 2.75) is 31.2 Å². The van der Waals surface area contributed by atoms with Gasteiger partial charge in [-0.1, -0.05) is 35.9 Å². The minimum Gasteiger partial charge on any atom is -0.363 e. The van der Waals surface area contributed by atoms with Crippen LogP contribution in [0.5, 0.6) is 0 Å². The molecule has 0 radical (unpaired) electrons. The maximum atomic E-state index is 13.9. The number of carbonyl (C=O) groups excluding carboxylic acids is 1. The Kier molecular flexibility index (Phi) is 5.98. The highest BCUT2D eigenvalue weighted by Crippen LogP contribution is 2.43. The summed E-state index contributed by atoms with van der Waals surface area (Å²) >= 11 is 5.91. The number of aromatic nitrogens is 4. The van der Waals surface area contributed by atoms with Crippen LogP contribution >= 0.6 is 11.6 Å². The highest BCUT2D eigenvalue weighted by Gasteiger charge is 2.46. The summed E-state index contributed by atoms with van der Waals surface area (Å²) in [5, 5.41) is 14.4. The number of hydrogen-bond donors (Lipinski definition) is 2. The quantitative estimate of drug-likeness (QED) is 0.389. The smallest absolute Gasteiger partial charge is 0.363 e. The first-order valence-corrected chi connectivity index (χ1v) is 11.2. The van der Waals surface area contributed by atoms with Crippen molar-refractivity contribution in [3.05, 3.63) is 94.9 Å². The zero-order chi connectivity index (χ0) is 24.6. The molecule has 2 aromatic heterocycles. The largest absolute Gasteiger partial charge is 0.410 e. The van der Waals surface area contributed by atoms with E-state index in [1.807, 2.05) is 36.5 Å². The van der Waals surface area contributed by atoms with E-state index in [-0.39, 0.29) is 24.5 Å².